The van der Waals surface area contributed by atoms with Crippen LogP contribution in [0.1, 0.15) is 5.56 Å². The summed E-state index contributed by atoms with van der Waals surface area (Å²) in [4.78, 5) is 4.42. The van der Waals surface area contributed by atoms with E-state index in [4.69, 9.17) is 9.47 Å². The van der Waals surface area contributed by atoms with Crippen molar-refractivity contribution in [1.29, 1.82) is 0 Å². The van der Waals surface area contributed by atoms with Gasteiger partial charge in [-0.25, -0.2) is 17.4 Å². The highest BCUT2D eigenvalue weighted by atomic mass is 32.2. The molecule has 0 bridgehead atoms. The monoisotopic (exact) mass is 358 g/mol. The molecule has 0 saturated carbocycles. The molecule has 0 N–H and O–H groups in total. The zero-order valence-electron chi connectivity index (χ0n) is 14.1. The molecule has 0 atom stereocenters. The number of hydrogen-bond donors (Lipinski definition) is 0. The second-order valence-electron chi connectivity index (χ2n) is 5.43. The molecule has 0 aliphatic heterocycles. The number of nitrogens with zero attached hydrogens (tertiary/aromatic N) is 2. The lowest BCUT2D eigenvalue weighted by molar-refractivity contribution is 0.404. The van der Waals surface area contributed by atoms with Crippen molar-refractivity contribution in [3.63, 3.8) is 0 Å². The summed E-state index contributed by atoms with van der Waals surface area (Å²) in [5.74, 6) is 1.35. The molecule has 1 aromatic heterocycles. The third-order valence-electron chi connectivity index (χ3n) is 3.83. The van der Waals surface area contributed by atoms with Crippen LogP contribution in [-0.4, -0.2) is 31.6 Å². The van der Waals surface area contributed by atoms with Crippen molar-refractivity contribution in [1.82, 2.24) is 8.96 Å². The van der Waals surface area contributed by atoms with Gasteiger partial charge in [0.25, 0.3) is 10.0 Å². The molecule has 1 heterocycles. The molecular weight excluding hydrogens is 340 g/mol. The summed E-state index contributed by atoms with van der Waals surface area (Å²) in [6.07, 6.45) is 2.86. The van der Waals surface area contributed by atoms with Gasteiger partial charge in [-0.05, 0) is 37.3 Å². The highest BCUT2D eigenvalue weighted by Crippen LogP contribution is 2.33. The first kappa shape index (κ1) is 17.0. The van der Waals surface area contributed by atoms with Crippen LogP contribution in [0.4, 0.5) is 0 Å². The third-order valence-corrected chi connectivity index (χ3v) is 5.51. The van der Waals surface area contributed by atoms with E-state index in [2.05, 4.69) is 4.98 Å². The molecule has 3 aromatic rings. The number of methoxy groups -OCH3 is 2. The molecule has 130 valence electrons. The fraction of sp³-hybridized carbons (Fsp3) is 0.167. The minimum Gasteiger partial charge on any atom is -0.497 e. The Labute approximate surface area is 146 Å². The van der Waals surface area contributed by atoms with E-state index >= 15 is 0 Å². The molecule has 0 saturated heterocycles. The zero-order chi connectivity index (χ0) is 18.0. The standard InChI is InChI=1S/C18H18N2O4S/c1-13-4-7-15(8-5-13)25(21,22)20-11-10-19-18(20)16-12-14(23-2)6-9-17(16)24-3/h4-12H,1-3H3. The molecular formula is C18H18N2O4S. The van der Waals surface area contributed by atoms with Gasteiger partial charge in [-0.15, -0.1) is 0 Å². The molecule has 2 aromatic carbocycles. The summed E-state index contributed by atoms with van der Waals surface area (Å²) in [6.45, 7) is 1.90. The maximum absolute atomic E-state index is 13.0. The van der Waals surface area contributed by atoms with Gasteiger partial charge in [0, 0.05) is 12.4 Å². The van der Waals surface area contributed by atoms with E-state index in [9.17, 15) is 8.42 Å². The lowest BCUT2D eigenvalue weighted by Crippen LogP contribution is -2.13. The summed E-state index contributed by atoms with van der Waals surface area (Å²) < 4.78 is 37.7. The van der Waals surface area contributed by atoms with Crippen LogP contribution in [0, 0.1) is 6.92 Å². The number of rotatable bonds is 5. The van der Waals surface area contributed by atoms with E-state index in [1.165, 1.54) is 19.5 Å². The topological polar surface area (TPSA) is 70.4 Å². The minimum atomic E-state index is -3.78. The van der Waals surface area contributed by atoms with Crippen LogP contribution in [0.15, 0.2) is 59.8 Å². The normalized spacial score (nSPS) is 11.3. The predicted octanol–water partition coefficient (Wildman–Crippen LogP) is 3.11. The van der Waals surface area contributed by atoms with Crippen LogP contribution in [-0.2, 0) is 10.0 Å². The molecule has 0 aliphatic carbocycles. The Morgan fingerprint density at radius 2 is 1.72 bits per heavy atom. The van der Waals surface area contributed by atoms with Crippen molar-refractivity contribution in [2.24, 2.45) is 0 Å². The van der Waals surface area contributed by atoms with Crippen LogP contribution in [0.5, 0.6) is 11.5 Å². The van der Waals surface area contributed by atoms with Crippen molar-refractivity contribution in [2.75, 3.05) is 14.2 Å². The molecule has 25 heavy (non-hydrogen) atoms. The smallest absolute Gasteiger partial charge is 0.269 e. The van der Waals surface area contributed by atoms with Gasteiger partial charge in [-0.1, -0.05) is 17.7 Å². The molecule has 0 amide bonds. The van der Waals surface area contributed by atoms with Gasteiger partial charge in [0.15, 0.2) is 5.82 Å². The van der Waals surface area contributed by atoms with Gasteiger partial charge >= 0.3 is 0 Å². The summed E-state index contributed by atoms with van der Waals surface area (Å²) in [7, 11) is -0.714. The molecule has 0 radical (unpaired) electrons. The Morgan fingerprint density at radius 3 is 2.36 bits per heavy atom. The second kappa shape index (κ2) is 6.60. The fourth-order valence-electron chi connectivity index (χ4n) is 2.49. The number of benzene rings is 2. The Balaban J connectivity index is 2.17. The highest BCUT2D eigenvalue weighted by molar-refractivity contribution is 7.90. The first-order valence-corrected chi connectivity index (χ1v) is 8.99. The molecule has 0 unspecified atom stereocenters. The Kier molecular flexibility index (Phi) is 4.50. The van der Waals surface area contributed by atoms with Crippen molar-refractivity contribution in [3.05, 3.63) is 60.4 Å². The molecule has 3 rings (SSSR count). The average molecular weight is 358 g/mol. The van der Waals surface area contributed by atoms with Crippen LogP contribution >= 0.6 is 0 Å². The van der Waals surface area contributed by atoms with E-state index in [0.29, 0.717) is 17.1 Å². The van der Waals surface area contributed by atoms with E-state index < -0.39 is 10.0 Å². The SMILES string of the molecule is COc1ccc(OC)c(-c2nccn2S(=O)(=O)c2ccc(C)cc2)c1. The molecule has 6 nitrogen and oxygen atoms in total. The van der Waals surface area contributed by atoms with Gasteiger partial charge in [0.05, 0.1) is 24.7 Å². The van der Waals surface area contributed by atoms with Crippen molar-refractivity contribution in [3.8, 4) is 22.9 Å². The van der Waals surface area contributed by atoms with Gasteiger partial charge in [-0.3, -0.25) is 0 Å². The highest BCUT2D eigenvalue weighted by Gasteiger charge is 2.23. The predicted molar refractivity (Wildman–Crippen MR) is 94.5 cm³/mol. The van der Waals surface area contributed by atoms with Crippen molar-refractivity contribution < 1.29 is 17.9 Å². The number of aryl methyl sites for hydroxylation is 1. The maximum Gasteiger partial charge on any atom is 0.269 e. The Hall–Kier alpha value is -2.80. The number of aromatic nitrogens is 2. The molecule has 0 fully saturated rings. The summed E-state index contributed by atoms with van der Waals surface area (Å²) in [5.41, 5.74) is 1.52. The lowest BCUT2D eigenvalue weighted by Gasteiger charge is -2.13. The van der Waals surface area contributed by atoms with Gasteiger partial charge in [-0.2, -0.15) is 0 Å². The quantitative estimate of drug-likeness (QED) is 0.701. The van der Waals surface area contributed by atoms with Crippen molar-refractivity contribution in [2.45, 2.75) is 11.8 Å². The van der Waals surface area contributed by atoms with Gasteiger partial charge < -0.3 is 9.47 Å². The largest absolute Gasteiger partial charge is 0.497 e. The Bertz CT molecular complexity index is 992. The maximum atomic E-state index is 13.0. The second-order valence-corrected chi connectivity index (χ2v) is 7.25. The van der Waals surface area contributed by atoms with E-state index in [0.717, 1.165) is 9.54 Å². The number of hydrogen-bond acceptors (Lipinski definition) is 5. The third kappa shape index (κ3) is 3.10. The van der Waals surface area contributed by atoms with Crippen LogP contribution in [0.3, 0.4) is 0 Å². The van der Waals surface area contributed by atoms with E-state index in [1.54, 1.807) is 49.6 Å². The summed E-state index contributed by atoms with van der Waals surface area (Å²) >= 11 is 0. The summed E-state index contributed by atoms with van der Waals surface area (Å²) in [5, 5.41) is 0. The molecule has 0 spiro atoms. The van der Waals surface area contributed by atoms with Gasteiger partial charge in [0.1, 0.15) is 11.5 Å². The minimum absolute atomic E-state index is 0.194. The fourth-order valence-corrected chi connectivity index (χ4v) is 3.78. The average Bonchev–Trinajstić information content (AvgIpc) is 3.12. The zero-order valence-corrected chi connectivity index (χ0v) is 14.9. The molecule has 7 heteroatoms. The van der Waals surface area contributed by atoms with E-state index in [1.807, 2.05) is 6.92 Å². The van der Waals surface area contributed by atoms with Crippen LogP contribution < -0.4 is 9.47 Å². The number of ether oxygens (including phenoxy) is 2. The van der Waals surface area contributed by atoms with Gasteiger partial charge in [0.2, 0.25) is 0 Å². The lowest BCUT2D eigenvalue weighted by atomic mass is 10.2. The first-order chi connectivity index (χ1) is 12.0. The van der Waals surface area contributed by atoms with E-state index in [-0.39, 0.29) is 10.7 Å². The van der Waals surface area contributed by atoms with Crippen LogP contribution in [0.25, 0.3) is 11.4 Å². The number of imidazole rings is 1. The van der Waals surface area contributed by atoms with Crippen molar-refractivity contribution >= 4 is 10.0 Å². The Morgan fingerprint density at radius 1 is 1.00 bits per heavy atom. The summed E-state index contributed by atoms with van der Waals surface area (Å²) in [6, 6.07) is 11.8. The molecule has 0 aliphatic rings. The first-order valence-electron chi connectivity index (χ1n) is 7.55. The van der Waals surface area contributed by atoms with Crippen LogP contribution in [0.2, 0.25) is 0 Å².